The quantitative estimate of drug-likeness (QED) is 0.227. The second kappa shape index (κ2) is 10.2. The van der Waals surface area contributed by atoms with Gasteiger partial charge in [-0.15, -0.1) is 0 Å². The fraction of sp³-hybridized carbons (Fsp3) is 0.227. The highest BCUT2D eigenvalue weighted by molar-refractivity contribution is 7.71. The highest BCUT2D eigenvalue weighted by Gasteiger charge is 2.36. The van der Waals surface area contributed by atoms with Crippen LogP contribution in [0.5, 0.6) is 5.75 Å². The Hall–Kier alpha value is -2.47. The molecular weight excluding hydrogens is 447 g/mol. The molecule has 0 aliphatic heterocycles. The smallest absolute Gasteiger partial charge is 0.327 e. The van der Waals surface area contributed by atoms with Gasteiger partial charge in [-0.1, -0.05) is 55.1 Å². The van der Waals surface area contributed by atoms with Gasteiger partial charge < -0.3 is 9.57 Å². The van der Waals surface area contributed by atoms with Crippen molar-refractivity contribution in [3.8, 4) is 5.75 Å². The minimum Gasteiger partial charge on any atom is -0.459 e. The molecule has 1 unspecified atom stereocenters. The van der Waals surface area contributed by atoms with E-state index < -0.39 is 43.5 Å². The number of rotatable bonds is 8. The van der Waals surface area contributed by atoms with E-state index in [1.165, 1.54) is 6.07 Å². The number of benzene rings is 3. The summed E-state index contributed by atoms with van der Waals surface area (Å²) in [6, 6.07) is 14.6. The van der Waals surface area contributed by atoms with Crippen LogP contribution in [0.1, 0.15) is 19.4 Å². The van der Waals surface area contributed by atoms with Gasteiger partial charge in [-0.2, -0.15) is 0 Å². The van der Waals surface area contributed by atoms with Gasteiger partial charge in [-0.05, 0) is 40.7 Å². The van der Waals surface area contributed by atoms with Crippen LogP contribution in [0.15, 0.2) is 60.7 Å². The number of fused-ring (bicyclic) bond motifs is 1. The van der Waals surface area contributed by atoms with Crippen molar-refractivity contribution in [1.29, 1.82) is 0 Å². The van der Waals surface area contributed by atoms with Crippen LogP contribution in [0.3, 0.4) is 0 Å². The number of halogens is 3. The molecule has 0 aromatic heterocycles. The zero-order valence-electron chi connectivity index (χ0n) is 16.8. The van der Waals surface area contributed by atoms with E-state index in [1.807, 2.05) is 30.3 Å². The fourth-order valence-electron chi connectivity index (χ4n) is 3.09. The molecule has 5 nitrogen and oxygen atoms in total. The summed E-state index contributed by atoms with van der Waals surface area (Å²) in [5.74, 6) is -2.38. The predicted molar refractivity (Wildman–Crippen MR) is 116 cm³/mol. The molecule has 0 bridgehead atoms. The van der Waals surface area contributed by atoms with Gasteiger partial charge in [0.05, 0.1) is 0 Å². The summed E-state index contributed by atoms with van der Waals surface area (Å²) in [7, 11) is -3.01. The van der Waals surface area contributed by atoms with E-state index in [-0.39, 0.29) is 5.56 Å². The Morgan fingerprint density at radius 1 is 1.10 bits per heavy atom. The van der Waals surface area contributed by atoms with Gasteiger partial charge in [0, 0.05) is 17.0 Å². The predicted octanol–water partition coefficient (Wildman–Crippen LogP) is 6.11. The lowest BCUT2D eigenvalue weighted by Gasteiger charge is -2.29. The average Bonchev–Trinajstić information content (AvgIpc) is 2.72. The van der Waals surface area contributed by atoms with E-state index in [1.54, 1.807) is 26.0 Å². The molecule has 0 fully saturated rings. The van der Waals surface area contributed by atoms with Crippen molar-refractivity contribution in [2.45, 2.75) is 26.5 Å². The molecule has 3 aromatic carbocycles. The highest BCUT2D eigenvalue weighted by Crippen LogP contribution is 2.39. The van der Waals surface area contributed by atoms with Gasteiger partial charge in [-0.25, -0.2) is 8.78 Å². The second-order valence-electron chi connectivity index (χ2n) is 7.18. The maximum Gasteiger partial charge on any atom is 0.327 e. The summed E-state index contributed by atoms with van der Waals surface area (Å²) in [5, 5.41) is 1.64. The molecule has 31 heavy (non-hydrogen) atoms. The maximum atomic E-state index is 13.9. The number of carbonyl (C=O) groups excluding carboxylic acids is 1. The van der Waals surface area contributed by atoms with Crippen LogP contribution in [0, 0.1) is 17.6 Å². The summed E-state index contributed by atoms with van der Waals surface area (Å²) < 4.78 is 44.5. The average molecular weight is 468 g/mol. The van der Waals surface area contributed by atoms with Crippen molar-refractivity contribution in [3.05, 3.63) is 77.9 Å². The monoisotopic (exact) mass is 467 g/mol. The van der Waals surface area contributed by atoms with Crippen molar-refractivity contribution < 1.29 is 27.7 Å². The Balaban J connectivity index is 1.83. The first-order valence-electron chi connectivity index (χ1n) is 9.53. The zero-order valence-corrected chi connectivity index (χ0v) is 18.6. The van der Waals surface area contributed by atoms with Crippen LogP contribution in [0.2, 0.25) is 0 Å². The van der Waals surface area contributed by atoms with E-state index in [0.717, 1.165) is 21.7 Å². The van der Waals surface area contributed by atoms with Gasteiger partial charge in [0.15, 0.2) is 11.8 Å². The lowest BCUT2D eigenvalue weighted by molar-refractivity contribution is -0.159. The second-order valence-corrected chi connectivity index (χ2v) is 9.10. The van der Waals surface area contributed by atoms with Gasteiger partial charge in [0.25, 0.3) is 7.30 Å². The number of carbonyl (C=O) groups is 1. The van der Waals surface area contributed by atoms with Gasteiger partial charge >= 0.3 is 5.97 Å². The summed E-state index contributed by atoms with van der Waals surface area (Å²) in [6.45, 7) is 3.01. The Bertz CT molecular complexity index is 1110. The first kappa shape index (κ1) is 23.2. The largest absolute Gasteiger partial charge is 0.459 e. The molecule has 164 valence electrons. The molecule has 0 radical (unpaired) electrons. The zero-order chi connectivity index (χ0) is 22.5. The molecule has 2 atom stereocenters. The highest BCUT2D eigenvalue weighted by atomic mass is 35.7. The molecular formula is C22H21ClF2NO4P. The Morgan fingerprint density at radius 3 is 2.48 bits per heavy atom. The van der Waals surface area contributed by atoms with E-state index in [4.69, 9.17) is 20.8 Å². The van der Waals surface area contributed by atoms with Crippen LogP contribution >= 0.6 is 18.5 Å². The van der Waals surface area contributed by atoms with E-state index in [9.17, 15) is 18.1 Å². The first-order valence-corrected chi connectivity index (χ1v) is 11.9. The Labute approximate surface area is 184 Å². The van der Waals surface area contributed by atoms with Gasteiger partial charge in [0.1, 0.15) is 18.2 Å². The van der Waals surface area contributed by atoms with E-state index in [0.29, 0.717) is 11.8 Å². The minimum absolute atomic E-state index is 0.0114. The molecule has 0 saturated carbocycles. The topological polar surface area (TPSA) is 55.8 Å². The first-order chi connectivity index (χ1) is 14.8. The summed E-state index contributed by atoms with van der Waals surface area (Å²) in [5.41, 5.74) is 0.0114. The van der Waals surface area contributed by atoms with Crippen molar-refractivity contribution in [1.82, 2.24) is 4.83 Å². The molecule has 0 spiro atoms. The van der Waals surface area contributed by atoms with Crippen LogP contribution < -0.4 is 4.84 Å². The number of hydrogen-bond donors (Lipinski definition) is 0. The van der Waals surface area contributed by atoms with Crippen LogP contribution in [-0.4, -0.2) is 16.8 Å². The fourth-order valence-corrected chi connectivity index (χ4v) is 4.31. The molecule has 3 aromatic rings. The third-order valence-corrected chi connectivity index (χ3v) is 5.85. The molecule has 0 aliphatic rings. The van der Waals surface area contributed by atoms with Crippen molar-refractivity contribution in [2.75, 3.05) is 0 Å². The summed E-state index contributed by atoms with van der Waals surface area (Å²) in [6.07, 6.45) is 0. The third-order valence-electron chi connectivity index (χ3n) is 4.63. The lowest BCUT2D eigenvalue weighted by Crippen LogP contribution is -2.43. The SMILES string of the molecule is CC(C)[C@@H](C(=O)OCc1ccc(F)cc1F)N(Oc1cccc2ccccc12)[PH](=O)Cl. The molecule has 0 saturated heterocycles. The molecule has 3 rings (SSSR count). The van der Waals surface area contributed by atoms with Crippen molar-refractivity contribution >= 4 is 35.3 Å². The Morgan fingerprint density at radius 2 is 1.81 bits per heavy atom. The third kappa shape index (κ3) is 5.62. The number of esters is 1. The van der Waals surface area contributed by atoms with Crippen molar-refractivity contribution in [3.63, 3.8) is 0 Å². The number of ether oxygens (including phenoxy) is 1. The van der Waals surface area contributed by atoms with E-state index in [2.05, 4.69) is 0 Å². The van der Waals surface area contributed by atoms with Crippen LogP contribution in [0.4, 0.5) is 8.78 Å². The summed E-state index contributed by atoms with van der Waals surface area (Å²) in [4.78, 5) is 19.6. The standard InChI is InChI=1S/C22H21ClF2NO4P/c1-14(2)21(22(27)29-13-16-10-11-17(24)12-19(16)25)26(31(23)28)30-20-9-5-7-15-6-3-4-8-18(15)20/h3-12,14,21,31H,13H2,1-2H3/t21-/m0/s1. The molecule has 0 N–H and O–H groups in total. The molecule has 0 aliphatic carbocycles. The molecule has 0 heterocycles. The molecule has 0 amide bonds. The Kier molecular flexibility index (Phi) is 7.65. The number of hydrogen-bond acceptors (Lipinski definition) is 4. The van der Waals surface area contributed by atoms with Crippen LogP contribution in [-0.2, 0) is 20.7 Å². The number of nitrogens with zero attached hydrogens (tertiary/aromatic N) is 1. The maximum absolute atomic E-state index is 13.9. The van der Waals surface area contributed by atoms with Gasteiger partial charge in [-0.3, -0.25) is 9.36 Å². The molecule has 9 heteroatoms. The summed E-state index contributed by atoms with van der Waals surface area (Å²) >= 11 is 5.93. The van der Waals surface area contributed by atoms with Gasteiger partial charge in [0.2, 0.25) is 0 Å². The number of hydroxylamine groups is 1. The van der Waals surface area contributed by atoms with E-state index >= 15 is 0 Å². The van der Waals surface area contributed by atoms with Crippen LogP contribution in [0.25, 0.3) is 10.8 Å². The normalized spacial score (nSPS) is 13.4. The minimum atomic E-state index is -3.01. The lowest BCUT2D eigenvalue weighted by atomic mass is 10.1. The van der Waals surface area contributed by atoms with Crippen molar-refractivity contribution in [2.24, 2.45) is 5.92 Å².